The Morgan fingerprint density at radius 3 is 2.59 bits per heavy atom. The molecule has 1 N–H and O–H groups in total. The third-order valence-electron chi connectivity index (χ3n) is 7.56. The lowest BCUT2D eigenvalue weighted by Crippen LogP contribution is -2.12. The number of aromatic amines is 1. The maximum absolute atomic E-state index is 13.3. The molecule has 0 saturated carbocycles. The normalized spacial score (nSPS) is 15.9. The van der Waals surface area contributed by atoms with Gasteiger partial charge in [-0.1, -0.05) is 74.4 Å². The molecule has 1 aliphatic heterocycles. The molecule has 2 heterocycles. The highest BCUT2D eigenvalue weighted by molar-refractivity contribution is 5.86. The van der Waals surface area contributed by atoms with Crippen molar-refractivity contribution in [1.82, 2.24) is 20.6 Å². The molecule has 0 amide bonds. The van der Waals surface area contributed by atoms with Gasteiger partial charge in [-0.3, -0.25) is 4.79 Å². The Kier molecular flexibility index (Phi) is 7.45. The van der Waals surface area contributed by atoms with Crippen LogP contribution in [0, 0.1) is 12.8 Å². The number of aromatic nitrogens is 4. The van der Waals surface area contributed by atoms with Crippen molar-refractivity contribution in [3.8, 4) is 28.3 Å². The fraction of sp³-hybridized carbons (Fsp3) is 0.355. The van der Waals surface area contributed by atoms with Crippen molar-refractivity contribution >= 4 is 5.78 Å². The van der Waals surface area contributed by atoms with E-state index in [1.54, 1.807) is 0 Å². The second-order valence-electron chi connectivity index (χ2n) is 10.2. The molecule has 1 aromatic heterocycles. The van der Waals surface area contributed by atoms with Gasteiger partial charge >= 0.3 is 0 Å². The molecule has 0 spiro atoms. The monoisotopic (exact) mass is 494 g/mol. The van der Waals surface area contributed by atoms with Crippen LogP contribution in [0.25, 0.3) is 22.5 Å². The largest absolute Gasteiger partial charge is 0.493 e. The van der Waals surface area contributed by atoms with Crippen molar-refractivity contribution in [3.63, 3.8) is 0 Å². The molecule has 6 heteroatoms. The number of tetrazole rings is 1. The highest BCUT2D eigenvalue weighted by Gasteiger charge is 2.28. The zero-order valence-electron chi connectivity index (χ0n) is 21.8. The van der Waals surface area contributed by atoms with Crippen LogP contribution in [0.15, 0.2) is 60.7 Å². The number of carbonyl (C=O) groups is 1. The summed E-state index contributed by atoms with van der Waals surface area (Å²) in [5, 5.41) is 14.8. The number of aryl methyl sites for hydroxylation is 1. The summed E-state index contributed by atoms with van der Waals surface area (Å²) in [6.07, 6.45) is 3.93. The summed E-state index contributed by atoms with van der Waals surface area (Å²) >= 11 is 0. The van der Waals surface area contributed by atoms with Gasteiger partial charge in [0.2, 0.25) is 5.82 Å². The molecule has 0 saturated heterocycles. The number of H-pyrrole nitrogens is 1. The van der Waals surface area contributed by atoms with Crippen LogP contribution < -0.4 is 4.74 Å². The van der Waals surface area contributed by atoms with Crippen molar-refractivity contribution < 1.29 is 9.53 Å². The topological polar surface area (TPSA) is 80.8 Å². The molecule has 6 nitrogen and oxygen atoms in total. The number of hydrogen-bond acceptors (Lipinski definition) is 5. The number of fused-ring (bicyclic) bond motifs is 1. The van der Waals surface area contributed by atoms with E-state index in [1.807, 2.05) is 30.3 Å². The zero-order chi connectivity index (χ0) is 25.8. The molecule has 4 aromatic rings. The van der Waals surface area contributed by atoms with Gasteiger partial charge < -0.3 is 4.74 Å². The fourth-order valence-electron chi connectivity index (χ4n) is 5.37. The van der Waals surface area contributed by atoms with E-state index in [1.165, 1.54) is 11.1 Å². The molecule has 37 heavy (non-hydrogen) atoms. The quantitative estimate of drug-likeness (QED) is 0.302. The molecular formula is C31H34N4O2. The van der Waals surface area contributed by atoms with Crippen molar-refractivity contribution in [2.75, 3.05) is 6.61 Å². The third kappa shape index (κ3) is 5.48. The lowest BCUT2D eigenvalue weighted by Gasteiger charge is -2.25. The minimum Gasteiger partial charge on any atom is -0.493 e. The molecule has 3 aromatic carbocycles. The maximum atomic E-state index is 13.3. The van der Waals surface area contributed by atoms with Gasteiger partial charge in [0.1, 0.15) is 11.5 Å². The summed E-state index contributed by atoms with van der Waals surface area (Å²) in [6, 6.07) is 20.7. The van der Waals surface area contributed by atoms with Gasteiger partial charge in [-0.25, -0.2) is 0 Å². The Morgan fingerprint density at radius 2 is 1.86 bits per heavy atom. The van der Waals surface area contributed by atoms with E-state index < -0.39 is 0 Å². The first kappa shape index (κ1) is 24.9. The molecule has 0 fully saturated rings. The summed E-state index contributed by atoms with van der Waals surface area (Å²) in [7, 11) is 0. The molecule has 0 aliphatic carbocycles. The molecule has 5 rings (SSSR count). The summed E-state index contributed by atoms with van der Waals surface area (Å²) in [5.41, 5.74) is 7.38. The average Bonchev–Trinajstić information content (AvgIpc) is 3.36. The first-order valence-electron chi connectivity index (χ1n) is 13.2. The van der Waals surface area contributed by atoms with Crippen LogP contribution in [0.2, 0.25) is 0 Å². The van der Waals surface area contributed by atoms with Gasteiger partial charge in [0, 0.05) is 24.0 Å². The van der Waals surface area contributed by atoms with Crippen LogP contribution in [0.4, 0.5) is 0 Å². The molecule has 190 valence electrons. The Morgan fingerprint density at radius 1 is 1.08 bits per heavy atom. The first-order valence-corrected chi connectivity index (χ1v) is 13.2. The van der Waals surface area contributed by atoms with E-state index in [0.29, 0.717) is 37.1 Å². The number of ketones is 1. The molecular weight excluding hydrogens is 460 g/mol. The molecule has 1 aliphatic rings. The van der Waals surface area contributed by atoms with E-state index in [-0.39, 0.29) is 5.78 Å². The zero-order valence-corrected chi connectivity index (χ0v) is 21.8. The number of Topliss-reactive ketones (excluding diaryl/α,β-unsaturated/α-hetero) is 1. The molecule has 2 atom stereocenters. The summed E-state index contributed by atoms with van der Waals surface area (Å²) in [4.78, 5) is 13.3. The SMILES string of the molecule is CCC(C)C1CCCOc2c(CC(=O)Cc3ccc(C)cc3)cc(-c3ccccc3-c3nn[nH]n3)cc21. The minimum absolute atomic E-state index is 0.183. The van der Waals surface area contributed by atoms with Crippen LogP contribution in [0.1, 0.15) is 61.3 Å². The molecule has 0 radical (unpaired) electrons. The number of hydrogen-bond donors (Lipinski definition) is 1. The Balaban J connectivity index is 1.60. The van der Waals surface area contributed by atoms with Crippen LogP contribution in [0.3, 0.4) is 0 Å². The maximum Gasteiger partial charge on any atom is 0.205 e. The number of ether oxygens (including phenoxy) is 1. The van der Waals surface area contributed by atoms with Crippen LogP contribution in [0.5, 0.6) is 5.75 Å². The summed E-state index contributed by atoms with van der Waals surface area (Å²) in [6.45, 7) is 7.31. The predicted octanol–water partition coefficient (Wildman–Crippen LogP) is 6.50. The number of nitrogens with zero attached hydrogens (tertiary/aromatic N) is 3. The number of carbonyl (C=O) groups excluding carboxylic acids is 1. The van der Waals surface area contributed by atoms with Crippen LogP contribution >= 0.6 is 0 Å². The third-order valence-corrected chi connectivity index (χ3v) is 7.56. The van der Waals surface area contributed by atoms with Crippen molar-refractivity contribution in [3.05, 3.63) is 82.9 Å². The van der Waals surface area contributed by atoms with Crippen molar-refractivity contribution in [2.24, 2.45) is 5.92 Å². The lowest BCUT2D eigenvalue weighted by atomic mass is 9.80. The van der Waals surface area contributed by atoms with Gasteiger partial charge in [-0.15, -0.1) is 10.2 Å². The summed E-state index contributed by atoms with van der Waals surface area (Å²) < 4.78 is 6.37. The molecule has 0 bridgehead atoms. The van der Waals surface area contributed by atoms with E-state index in [0.717, 1.165) is 52.8 Å². The highest BCUT2D eigenvalue weighted by atomic mass is 16.5. The van der Waals surface area contributed by atoms with E-state index in [2.05, 4.69) is 71.7 Å². The number of rotatable bonds is 8. The standard InChI is InChI=1S/C31H34N4O2/c1-4-21(3)26-10-7-15-37-30-24(18-25(36)16-22-13-11-20(2)12-14-22)17-23(19-29(26)30)27-8-5-6-9-28(27)31-32-34-35-33-31/h5-6,8-9,11-14,17,19,21,26H,4,7,10,15-16,18H2,1-3H3,(H,32,33,34,35). The van der Waals surface area contributed by atoms with Gasteiger partial charge in [0.15, 0.2) is 0 Å². The number of nitrogens with one attached hydrogen (secondary N) is 1. The minimum atomic E-state index is 0.183. The highest BCUT2D eigenvalue weighted by Crippen LogP contribution is 2.44. The molecule has 2 unspecified atom stereocenters. The Hall–Kier alpha value is -3.80. The number of benzene rings is 3. The second-order valence-corrected chi connectivity index (χ2v) is 10.2. The Bertz CT molecular complexity index is 1360. The van der Waals surface area contributed by atoms with Gasteiger partial charge in [-0.2, -0.15) is 5.21 Å². The van der Waals surface area contributed by atoms with Crippen LogP contribution in [-0.2, 0) is 17.6 Å². The van der Waals surface area contributed by atoms with E-state index in [9.17, 15) is 4.79 Å². The van der Waals surface area contributed by atoms with E-state index >= 15 is 0 Å². The van der Waals surface area contributed by atoms with E-state index in [4.69, 9.17) is 4.74 Å². The first-order chi connectivity index (χ1) is 18.0. The average molecular weight is 495 g/mol. The van der Waals surface area contributed by atoms with Crippen molar-refractivity contribution in [2.45, 2.75) is 58.8 Å². The van der Waals surface area contributed by atoms with Gasteiger partial charge in [-0.05, 0) is 71.2 Å². The van der Waals surface area contributed by atoms with Gasteiger partial charge in [0.25, 0.3) is 0 Å². The second kappa shape index (κ2) is 11.1. The van der Waals surface area contributed by atoms with Crippen LogP contribution in [-0.4, -0.2) is 33.0 Å². The van der Waals surface area contributed by atoms with Gasteiger partial charge in [0.05, 0.1) is 6.61 Å². The Labute approximate surface area is 218 Å². The fourth-order valence-corrected chi connectivity index (χ4v) is 5.37. The lowest BCUT2D eigenvalue weighted by molar-refractivity contribution is -0.117. The predicted molar refractivity (Wildman–Crippen MR) is 146 cm³/mol. The summed E-state index contributed by atoms with van der Waals surface area (Å²) in [5.74, 6) is 2.53. The smallest absolute Gasteiger partial charge is 0.205 e. The van der Waals surface area contributed by atoms with Crippen molar-refractivity contribution in [1.29, 1.82) is 0 Å².